The number of unbranched alkanes of at least 4 members (excludes halogenated alkanes) is 2. The Morgan fingerprint density at radius 3 is 2.63 bits per heavy atom. The second kappa shape index (κ2) is 8.25. The Balaban J connectivity index is 2.66. The number of hydrogen-bond donors (Lipinski definition) is 2. The van der Waals surface area contributed by atoms with Gasteiger partial charge in [-0.25, -0.2) is 4.39 Å². The average Bonchev–Trinajstić information content (AvgIpc) is 2.34. The third-order valence-electron chi connectivity index (χ3n) is 3.33. The highest BCUT2D eigenvalue weighted by atomic mass is 19.1. The molecule has 0 bridgehead atoms. The van der Waals surface area contributed by atoms with Crippen molar-refractivity contribution < 1.29 is 9.50 Å². The van der Waals surface area contributed by atoms with Gasteiger partial charge in [0.05, 0.1) is 0 Å². The SMILES string of the molecule is CC(N)C(c1cccc(F)c1)N(C)CCCCCO. The first-order chi connectivity index (χ1) is 9.06. The molecule has 2 unspecified atom stereocenters. The van der Waals surface area contributed by atoms with E-state index < -0.39 is 0 Å². The van der Waals surface area contributed by atoms with Crippen LogP contribution >= 0.6 is 0 Å². The van der Waals surface area contributed by atoms with Crippen LogP contribution in [0.1, 0.15) is 37.8 Å². The smallest absolute Gasteiger partial charge is 0.123 e. The standard InChI is InChI=1S/C15H25FN2O/c1-12(17)15(13-7-6-8-14(16)11-13)18(2)9-4-3-5-10-19/h6-8,11-12,15,19H,3-5,9-10,17H2,1-2H3. The molecule has 108 valence electrons. The van der Waals surface area contributed by atoms with Crippen LogP contribution in [0, 0.1) is 5.82 Å². The van der Waals surface area contributed by atoms with Gasteiger partial charge in [-0.15, -0.1) is 0 Å². The topological polar surface area (TPSA) is 49.5 Å². The fourth-order valence-corrected chi connectivity index (χ4v) is 2.44. The molecule has 0 aliphatic carbocycles. The zero-order valence-corrected chi connectivity index (χ0v) is 11.8. The van der Waals surface area contributed by atoms with Crippen molar-refractivity contribution in [2.75, 3.05) is 20.2 Å². The molecule has 1 aromatic carbocycles. The summed E-state index contributed by atoms with van der Waals surface area (Å²) in [6.45, 7) is 3.08. The van der Waals surface area contributed by atoms with Crippen LogP contribution in [0.5, 0.6) is 0 Å². The molecule has 0 saturated carbocycles. The monoisotopic (exact) mass is 268 g/mol. The van der Waals surface area contributed by atoms with Crippen molar-refractivity contribution in [1.82, 2.24) is 4.90 Å². The second-order valence-corrected chi connectivity index (χ2v) is 5.12. The van der Waals surface area contributed by atoms with Crippen LogP contribution in [0.3, 0.4) is 0 Å². The van der Waals surface area contributed by atoms with E-state index in [1.807, 2.05) is 20.0 Å². The largest absolute Gasteiger partial charge is 0.396 e. The van der Waals surface area contributed by atoms with E-state index in [4.69, 9.17) is 10.8 Å². The lowest BCUT2D eigenvalue weighted by Crippen LogP contribution is -2.37. The number of aliphatic hydroxyl groups is 1. The first-order valence-corrected chi connectivity index (χ1v) is 6.88. The first kappa shape index (κ1) is 16.1. The molecule has 1 aromatic rings. The highest BCUT2D eigenvalue weighted by Crippen LogP contribution is 2.23. The Kier molecular flexibility index (Phi) is 6.99. The van der Waals surface area contributed by atoms with E-state index in [2.05, 4.69) is 4.90 Å². The summed E-state index contributed by atoms with van der Waals surface area (Å²) in [6.07, 6.45) is 2.84. The second-order valence-electron chi connectivity index (χ2n) is 5.12. The van der Waals surface area contributed by atoms with Crippen molar-refractivity contribution in [2.24, 2.45) is 5.73 Å². The third-order valence-corrected chi connectivity index (χ3v) is 3.33. The summed E-state index contributed by atoms with van der Waals surface area (Å²) < 4.78 is 13.3. The maximum atomic E-state index is 13.3. The van der Waals surface area contributed by atoms with Crippen molar-refractivity contribution in [3.05, 3.63) is 35.6 Å². The van der Waals surface area contributed by atoms with Crippen LogP contribution in [0.25, 0.3) is 0 Å². The number of aliphatic hydroxyl groups excluding tert-OH is 1. The van der Waals surface area contributed by atoms with Crippen LogP contribution < -0.4 is 5.73 Å². The number of nitrogens with two attached hydrogens (primary N) is 1. The lowest BCUT2D eigenvalue weighted by atomic mass is 9.99. The van der Waals surface area contributed by atoms with Gasteiger partial charge in [-0.05, 0) is 57.5 Å². The van der Waals surface area contributed by atoms with E-state index in [1.54, 1.807) is 12.1 Å². The molecular formula is C15H25FN2O. The Labute approximate surface area is 115 Å². The fourth-order valence-electron chi connectivity index (χ4n) is 2.44. The number of likely N-dealkylation sites (N-methyl/N-ethyl adjacent to an activating group) is 1. The predicted octanol–water partition coefficient (Wildman–Crippen LogP) is 2.31. The molecular weight excluding hydrogens is 243 g/mol. The van der Waals surface area contributed by atoms with Gasteiger partial charge in [-0.1, -0.05) is 12.1 Å². The highest BCUT2D eigenvalue weighted by molar-refractivity contribution is 5.21. The molecule has 0 radical (unpaired) electrons. The van der Waals surface area contributed by atoms with E-state index in [9.17, 15) is 4.39 Å². The van der Waals surface area contributed by atoms with Gasteiger partial charge in [0.25, 0.3) is 0 Å². The Hall–Kier alpha value is -0.970. The number of benzene rings is 1. The van der Waals surface area contributed by atoms with Crippen LogP contribution in [0.4, 0.5) is 4.39 Å². The summed E-state index contributed by atoms with van der Waals surface area (Å²) in [5, 5.41) is 8.76. The summed E-state index contributed by atoms with van der Waals surface area (Å²) in [4.78, 5) is 2.16. The number of halogens is 1. The molecule has 0 aliphatic rings. The summed E-state index contributed by atoms with van der Waals surface area (Å²) >= 11 is 0. The van der Waals surface area contributed by atoms with Crippen molar-refractivity contribution in [3.8, 4) is 0 Å². The normalized spacial score (nSPS) is 14.6. The first-order valence-electron chi connectivity index (χ1n) is 6.88. The maximum absolute atomic E-state index is 13.3. The van der Waals surface area contributed by atoms with Gasteiger partial charge in [-0.2, -0.15) is 0 Å². The quantitative estimate of drug-likeness (QED) is 0.711. The van der Waals surface area contributed by atoms with Crippen LogP contribution in [0.15, 0.2) is 24.3 Å². The van der Waals surface area contributed by atoms with Crippen LogP contribution in [-0.4, -0.2) is 36.2 Å². The van der Waals surface area contributed by atoms with Gasteiger partial charge in [-0.3, -0.25) is 4.90 Å². The summed E-state index contributed by atoms with van der Waals surface area (Å²) in [5.41, 5.74) is 6.96. The van der Waals surface area contributed by atoms with Crippen molar-refractivity contribution in [2.45, 2.75) is 38.3 Å². The molecule has 0 spiro atoms. The van der Waals surface area contributed by atoms with Crippen molar-refractivity contribution in [1.29, 1.82) is 0 Å². The van der Waals surface area contributed by atoms with E-state index in [1.165, 1.54) is 6.07 Å². The third kappa shape index (κ3) is 5.27. The molecule has 0 fully saturated rings. The molecule has 2 atom stereocenters. The lowest BCUT2D eigenvalue weighted by molar-refractivity contribution is 0.210. The van der Waals surface area contributed by atoms with E-state index in [0.29, 0.717) is 0 Å². The molecule has 0 aliphatic heterocycles. The molecule has 3 nitrogen and oxygen atoms in total. The van der Waals surface area contributed by atoms with Crippen molar-refractivity contribution >= 4 is 0 Å². The average molecular weight is 268 g/mol. The summed E-state index contributed by atoms with van der Waals surface area (Å²) in [5.74, 6) is -0.225. The summed E-state index contributed by atoms with van der Waals surface area (Å²) in [6, 6.07) is 6.59. The molecule has 0 heterocycles. The highest BCUT2D eigenvalue weighted by Gasteiger charge is 2.21. The number of hydrogen-bond acceptors (Lipinski definition) is 3. The van der Waals surface area contributed by atoms with Gasteiger partial charge in [0.15, 0.2) is 0 Å². The minimum absolute atomic E-state index is 0.0184. The summed E-state index contributed by atoms with van der Waals surface area (Å²) in [7, 11) is 2.01. The Morgan fingerprint density at radius 1 is 1.32 bits per heavy atom. The van der Waals surface area contributed by atoms with Crippen molar-refractivity contribution in [3.63, 3.8) is 0 Å². The van der Waals surface area contributed by atoms with E-state index in [-0.39, 0.29) is 24.5 Å². The number of nitrogens with zero attached hydrogens (tertiary/aromatic N) is 1. The molecule has 19 heavy (non-hydrogen) atoms. The predicted molar refractivity (Wildman–Crippen MR) is 76.4 cm³/mol. The zero-order chi connectivity index (χ0) is 14.3. The molecule has 1 rings (SSSR count). The molecule has 4 heteroatoms. The molecule has 0 saturated heterocycles. The van der Waals surface area contributed by atoms with Gasteiger partial charge < -0.3 is 10.8 Å². The lowest BCUT2D eigenvalue weighted by Gasteiger charge is -2.31. The van der Waals surface area contributed by atoms with Crippen LogP contribution in [-0.2, 0) is 0 Å². The fraction of sp³-hybridized carbons (Fsp3) is 0.600. The van der Waals surface area contributed by atoms with E-state index in [0.717, 1.165) is 31.4 Å². The molecule has 0 amide bonds. The zero-order valence-electron chi connectivity index (χ0n) is 11.8. The molecule has 0 aromatic heterocycles. The van der Waals surface area contributed by atoms with Crippen LogP contribution in [0.2, 0.25) is 0 Å². The van der Waals surface area contributed by atoms with Gasteiger partial charge >= 0.3 is 0 Å². The minimum Gasteiger partial charge on any atom is -0.396 e. The molecule has 3 N–H and O–H groups in total. The number of rotatable bonds is 8. The van der Waals surface area contributed by atoms with Gasteiger partial charge in [0, 0.05) is 18.7 Å². The Morgan fingerprint density at radius 2 is 2.05 bits per heavy atom. The van der Waals surface area contributed by atoms with Gasteiger partial charge in [0.2, 0.25) is 0 Å². The minimum atomic E-state index is -0.225. The Bertz CT molecular complexity index is 371. The van der Waals surface area contributed by atoms with E-state index >= 15 is 0 Å². The van der Waals surface area contributed by atoms with Gasteiger partial charge in [0.1, 0.15) is 5.82 Å². The maximum Gasteiger partial charge on any atom is 0.123 e.